The minimum atomic E-state index is -0.657. The van der Waals surface area contributed by atoms with Gasteiger partial charge < -0.3 is 10.1 Å². The second-order valence-electron chi connectivity index (χ2n) is 5.41. The van der Waals surface area contributed by atoms with E-state index in [1.54, 1.807) is 6.07 Å². The third-order valence-electron chi connectivity index (χ3n) is 3.90. The summed E-state index contributed by atoms with van der Waals surface area (Å²) in [6.07, 6.45) is 4.40. The number of nitro groups is 1. The third kappa shape index (κ3) is 2.02. The highest BCUT2D eigenvalue weighted by atomic mass is 35.5. The second kappa shape index (κ2) is 4.48. The molecule has 2 aliphatic heterocycles. The molecule has 1 atom stereocenters. The number of rotatable bonds is 1. The topological polar surface area (TPSA) is 64.4 Å². The molecule has 4 rings (SSSR count). The molecule has 0 amide bonds. The molecule has 0 radical (unpaired) electrons. The summed E-state index contributed by atoms with van der Waals surface area (Å²) in [7, 11) is 0. The summed E-state index contributed by atoms with van der Waals surface area (Å²) < 4.78 is 6.07. The zero-order valence-corrected chi connectivity index (χ0v) is 12.1. The molecule has 5 nitrogen and oxygen atoms in total. The lowest BCUT2D eigenvalue weighted by Crippen LogP contribution is -2.41. The number of halogens is 1. The number of fused-ring (bicyclic) bond motifs is 2. The summed E-state index contributed by atoms with van der Waals surface area (Å²) in [5.41, 5.74) is 2.17. The van der Waals surface area contributed by atoms with Gasteiger partial charge in [-0.2, -0.15) is 0 Å². The van der Waals surface area contributed by atoms with Crippen LogP contribution in [-0.4, -0.2) is 10.6 Å². The molecule has 22 heavy (non-hydrogen) atoms. The molecule has 2 aromatic rings. The second-order valence-corrected chi connectivity index (χ2v) is 5.84. The Kier molecular flexibility index (Phi) is 2.68. The van der Waals surface area contributed by atoms with Gasteiger partial charge in [-0.25, -0.2) is 0 Å². The molecule has 1 N–H and O–H groups in total. The SMILES string of the molecule is O=[N+]([O-])c1ccc2c(c1)C=CC1(Cc3cc(Cl)ccc3N1)O2. The van der Waals surface area contributed by atoms with Crippen LogP contribution in [0.2, 0.25) is 5.02 Å². The first-order valence-corrected chi connectivity index (χ1v) is 7.16. The molecule has 1 spiro atoms. The molecular weight excluding hydrogens is 304 g/mol. The maximum atomic E-state index is 10.8. The zero-order chi connectivity index (χ0) is 15.3. The average molecular weight is 315 g/mol. The Morgan fingerprint density at radius 3 is 2.95 bits per heavy atom. The lowest BCUT2D eigenvalue weighted by Gasteiger charge is -2.31. The minimum Gasteiger partial charge on any atom is -0.464 e. The number of hydrogen-bond donors (Lipinski definition) is 1. The summed E-state index contributed by atoms with van der Waals surface area (Å²) in [4.78, 5) is 10.4. The number of benzene rings is 2. The Balaban J connectivity index is 1.69. The Morgan fingerprint density at radius 2 is 2.14 bits per heavy atom. The van der Waals surface area contributed by atoms with E-state index in [9.17, 15) is 10.1 Å². The predicted octanol–water partition coefficient (Wildman–Crippen LogP) is 4.02. The maximum Gasteiger partial charge on any atom is 0.270 e. The first kappa shape index (κ1) is 13.2. The van der Waals surface area contributed by atoms with Crippen molar-refractivity contribution in [2.24, 2.45) is 0 Å². The van der Waals surface area contributed by atoms with Crippen molar-refractivity contribution in [2.45, 2.75) is 12.1 Å². The van der Waals surface area contributed by atoms with Gasteiger partial charge in [0.15, 0.2) is 0 Å². The fourth-order valence-corrected chi connectivity index (χ4v) is 3.07. The molecule has 2 heterocycles. The molecule has 0 aliphatic carbocycles. The highest BCUT2D eigenvalue weighted by Crippen LogP contribution is 2.41. The van der Waals surface area contributed by atoms with Gasteiger partial charge in [-0.1, -0.05) is 11.6 Å². The summed E-state index contributed by atoms with van der Waals surface area (Å²) >= 11 is 6.03. The van der Waals surface area contributed by atoms with Crippen molar-refractivity contribution in [2.75, 3.05) is 5.32 Å². The van der Waals surface area contributed by atoms with Gasteiger partial charge in [0.1, 0.15) is 5.75 Å². The zero-order valence-electron chi connectivity index (χ0n) is 11.4. The van der Waals surface area contributed by atoms with E-state index >= 15 is 0 Å². The van der Waals surface area contributed by atoms with Crippen LogP contribution in [0.4, 0.5) is 11.4 Å². The smallest absolute Gasteiger partial charge is 0.270 e. The van der Waals surface area contributed by atoms with E-state index in [2.05, 4.69) is 5.32 Å². The normalized spacial score (nSPS) is 21.0. The van der Waals surface area contributed by atoms with Crippen LogP contribution >= 0.6 is 11.6 Å². The van der Waals surface area contributed by atoms with Gasteiger partial charge in [-0.15, -0.1) is 0 Å². The molecule has 0 fully saturated rings. The number of ether oxygens (including phenoxy) is 1. The van der Waals surface area contributed by atoms with Crippen LogP contribution < -0.4 is 10.1 Å². The van der Waals surface area contributed by atoms with Crippen LogP contribution in [0, 0.1) is 10.1 Å². The lowest BCUT2D eigenvalue weighted by molar-refractivity contribution is -0.384. The quantitative estimate of drug-likeness (QED) is 0.638. The van der Waals surface area contributed by atoms with Crippen molar-refractivity contribution in [3.05, 3.63) is 68.7 Å². The largest absolute Gasteiger partial charge is 0.464 e. The van der Waals surface area contributed by atoms with Gasteiger partial charge in [0.2, 0.25) is 5.72 Å². The van der Waals surface area contributed by atoms with E-state index in [-0.39, 0.29) is 5.69 Å². The number of hydrogen-bond acceptors (Lipinski definition) is 4. The highest BCUT2D eigenvalue weighted by molar-refractivity contribution is 6.30. The molecule has 0 saturated heterocycles. The van der Waals surface area contributed by atoms with E-state index in [0.29, 0.717) is 22.8 Å². The van der Waals surface area contributed by atoms with Crippen LogP contribution in [0.25, 0.3) is 6.08 Å². The molecule has 0 aromatic heterocycles. The van der Waals surface area contributed by atoms with Gasteiger partial charge in [-0.3, -0.25) is 10.1 Å². The molecule has 110 valence electrons. The number of nitrogens with one attached hydrogen (secondary N) is 1. The summed E-state index contributed by atoms with van der Waals surface area (Å²) in [5, 5.41) is 14.9. The van der Waals surface area contributed by atoms with Crippen molar-refractivity contribution < 1.29 is 9.66 Å². The number of nitrogens with zero attached hydrogens (tertiary/aromatic N) is 1. The monoisotopic (exact) mass is 314 g/mol. The fourth-order valence-electron chi connectivity index (χ4n) is 2.88. The highest BCUT2D eigenvalue weighted by Gasteiger charge is 2.39. The van der Waals surface area contributed by atoms with Crippen molar-refractivity contribution in [1.82, 2.24) is 0 Å². The molecule has 2 aliphatic rings. The van der Waals surface area contributed by atoms with Crippen molar-refractivity contribution in [3.63, 3.8) is 0 Å². The number of nitro benzene ring substituents is 1. The van der Waals surface area contributed by atoms with E-state index in [0.717, 1.165) is 11.3 Å². The maximum absolute atomic E-state index is 10.8. The molecule has 6 heteroatoms. The van der Waals surface area contributed by atoms with Crippen molar-refractivity contribution >= 4 is 29.1 Å². The molecule has 2 aromatic carbocycles. The Morgan fingerprint density at radius 1 is 1.27 bits per heavy atom. The first-order valence-electron chi connectivity index (χ1n) is 6.78. The predicted molar refractivity (Wildman–Crippen MR) is 84.3 cm³/mol. The Bertz CT molecular complexity index is 834. The first-order chi connectivity index (χ1) is 10.5. The molecule has 0 bridgehead atoms. The number of non-ortho nitro benzene ring substituents is 1. The van der Waals surface area contributed by atoms with Gasteiger partial charge in [0, 0.05) is 34.8 Å². The summed E-state index contributed by atoms with van der Waals surface area (Å²) in [6.45, 7) is 0. The van der Waals surface area contributed by atoms with Crippen LogP contribution in [-0.2, 0) is 6.42 Å². The Labute approximate surface area is 131 Å². The molecule has 1 unspecified atom stereocenters. The van der Waals surface area contributed by atoms with Crippen LogP contribution in [0.3, 0.4) is 0 Å². The van der Waals surface area contributed by atoms with Crippen molar-refractivity contribution in [3.8, 4) is 5.75 Å². The lowest BCUT2D eigenvalue weighted by atomic mass is 10.0. The van der Waals surface area contributed by atoms with Gasteiger partial charge in [0.25, 0.3) is 5.69 Å². The van der Waals surface area contributed by atoms with Gasteiger partial charge in [0.05, 0.1) is 4.92 Å². The van der Waals surface area contributed by atoms with Gasteiger partial charge in [-0.05, 0) is 42.0 Å². The molecule has 0 saturated carbocycles. The van der Waals surface area contributed by atoms with Crippen LogP contribution in [0.1, 0.15) is 11.1 Å². The Hall–Kier alpha value is -2.53. The van der Waals surface area contributed by atoms with Crippen LogP contribution in [0.15, 0.2) is 42.5 Å². The van der Waals surface area contributed by atoms with Gasteiger partial charge >= 0.3 is 0 Å². The van der Waals surface area contributed by atoms with Crippen LogP contribution in [0.5, 0.6) is 5.75 Å². The minimum absolute atomic E-state index is 0.0531. The summed E-state index contributed by atoms with van der Waals surface area (Å²) in [5.74, 6) is 0.625. The van der Waals surface area contributed by atoms with Crippen molar-refractivity contribution in [1.29, 1.82) is 0 Å². The summed E-state index contributed by atoms with van der Waals surface area (Å²) in [6, 6.07) is 10.3. The number of anilines is 1. The average Bonchev–Trinajstić information content (AvgIpc) is 2.83. The van der Waals surface area contributed by atoms with E-state index < -0.39 is 10.6 Å². The van der Waals surface area contributed by atoms with E-state index in [1.165, 1.54) is 12.1 Å². The third-order valence-corrected chi connectivity index (χ3v) is 4.13. The standard InChI is InChI=1S/C16H11ClN2O3/c17-12-1-3-14-11(7-12)9-16(18-14)6-5-10-8-13(19(20)21)2-4-15(10)22-16/h1-8,18H,9H2. The fraction of sp³-hybridized carbons (Fsp3) is 0.125. The molecular formula is C16H11ClN2O3. The van der Waals surface area contributed by atoms with E-state index in [1.807, 2.05) is 30.4 Å². The van der Waals surface area contributed by atoms with E-state index in [4.69, 9.17) is 16.3 Å².